The van der Waals surface area contributed by atoms with Gasteiger partial charge < -0.3 is 14.2 Å². The van der Waals surface area contributed by atoms with Crippen LogP contribution in [0.15, 0.2) is 0 Å². The predicted octanol–water partition coefficient (Wildman–Crippen LogP) is 4.40. The fourth-order valence-electron chi connectivity index (χ4n) is 4.48. The number of amides is 2. The normalized spacial score (nSPS) is 30.6. The minimum absolute atomic E-state index is 0.189. The summed E-state index contributed by atoms with van der Waals surface area (Å²) < 4.78 is 17.4. The number of carbonyl (C=O) groups is 2. The van der Waals surface area contributed by atoms with Crippen LogP contribution in [-0.2, 0) is 19.0 Å². The highest BCUT2D eigenvalue weighted by molar-refractivity contribution is 5.94. The van der Waals surface area contributed by atoms with Crippen LogP contribution in [0.25, 0.3) is 0 Å². The number of carbonyl (C=O) groups excluding carboxylic acids is 2. The molecule has 3 atom stereocenters. The molecule has 0 spiro atoms. The Morgan fingerprint density at radius 3 is 2.44 bits per heavy atom. The van der Waals surface area contributed by atoms with Gasteiger partial charge in [-0.2, -0.15) is 0 Å². The molecule has 3 rings (SSSR count). The highest BCUT2D eigenvalue weighted by Gasteiger charge is 2.47. The molecule has 1 saturated carbocycles. The maximum Gasteiger partial charge on any atom is 0.417 e. The van der Waals surface area contributed by atoms with Crippen LogP contribution in [0.4, 0.5) is 4.79 Å². The first kappa shape index (κ1) is 20.6. The van der Waals surface area contributed by atoms with Gasteiger partial charge in [-0.15, -0.1) is 0 Å². The van der Waals surface area contributed by atoms with Crippen molar-refractivity contribution < 1.29 is 23.8 Å². The Morgan fingerprint density at radius 1 is 1.11 bits per heavy atom. The van der Waals surface area contributed by atoms with Crippen molar-refractivity contribution in [1.82, 2.24) is 4.90 Å². The molecule has 27 heavy (non-hydrogen) atoms. The zero-order valence-electron chi connectivity index (χ0n) is 17.1. The third-order valence-corrected chi connectivity index (χ3v) is 5.76. The van der Waals surface area contributed by atoms with E-state index in [9.17, 15) is 9.59 Å². The van der Waals surface area contributed by atoms with Gasteiger partial charge in [0.15, 0.2) is 6.29 Å². The molecular weight excluding hydrogens is 346 g/mol. The van der Waals surface area contributed by atoms with Crippen LogP contribution in [0.2, 0.25) is 0 Å². The van der Waals surface area contributed by atoms with Crippen LogP contribution in [0.3, 0.4) is 0 Å². The summed E-state index contributed by atoms with van der Waals surface area (Å²) in [5, 5.41) is 0. The van der Waals surface area contributed by atoms with Gasteiger partial charge in [0.25, 0.3) is 0 Å². The van der Waals surface area contributed by atoms with Gasteiger partial charge in [-0.3, -0.25) is 4.79 Å². The van der Waals surface area contributed by atoms with E-state index in [4.69, 9.17) is 14.2 Å². The molecule has 6 heteroatoms. The summed E-state index contributed by atoms with van der Waals surface area (Å²) >= 11 is 0. The quantitative estimate of drug-likeness (QED) is 0.722. The Labute approximate surface area is 162 Å². The van der Waals surface area contributed by atoms with E-state index >= 15 is 0 Å². The minimum atomic E-state index is -0.627. The zero-order chi connectivity index (χ0) is 19.4. The van der Waals surface area contributed by atoms with E-state index in [1.807, 2.05) is 20.8 Å². The van der Waals surface area contributed by atoms with E-state index in [0.29, 0.717) is 12.5 Å². The van der Waals surface area contributed by atoms with Crippen molar-refractivity contribution in [2.75, 3.05) is 6.61 Å². The molecule has 6 nitrogen and oxygen atoms in total. The molecule has 3 aliphatic rings. The average Bonchev–Trinajstić information content (AvgIpc) is 2.90. The largest absolute Gasteiger partial charge is 0.443 e. The smallest absolute Gasteiger partial charge is 0.417 e. The summed E-state index contributed by atoms with van der Waals surface area (Å²) in [6, 6.07) is -0.249. The van der Waals surface area contributed by atoms with Crippen molar-refractivity contribution in [2.45, 2.75) is 109 Å². The second-order valence-electron chi connectivity index (χ2n) is 9.23. The van der Waals surface area contributed by atoms with Crippen LogP contribution >= 0.6 is 0 Å². The van der Waals surface area contributed by atoms with Crippen LogP contribution in [0.1, 0.15) is 85.0 Å². The van der Waals surface area contributed by atoms with Gasteiger partial charge in [0.2, 0.25) is 5.91 Å². The van der Waals surface area contributed by atoms with E-state index in [0.717, 1.165) is 25.7 Å². The second kappa shape index (κ2) is 8.91. The molecule has 0 aromatic heterocycles. The second-order valence-corrected chi connectivity index (χ2v) is 9.23. The molecule has 1 aliphatic carbocycles. The summed E-state index contributed by atoms with van der Waals surface area (Å²) in [4.78, 5) is 26.8. The molecule has 0 aromatic rings. The first-order valence-corrected chi connectivity index (χ1v) is 10.7. The Hall–Kier alpha value is -1.14. The lowest BCUT2D eigenvalue weighted by molar-refractivity contribution is -0.192. The standard InChI is InChI=1S/C21H35NO5/c1-21(2,3)27-20(24)22-16(13-15-9-5-4-6-10-15)17(14-18(22)23)26-19-11-7-8-12-25-19/h15-17,19H,4-14H2,1-3H3/t16-,17-,19?/m0/s1. The number of rotatable bonds is 4. The number of nitrogens with zero attached hydrogens (tertiary/aromatic N) is 1. The number of likely N-dealkylation sites (tertiary alicyclic amines) is 1. The molecule has 0 aromatic carbocycles. The molecule has 2 amide bonds. The topological polar surface area (TPSA) is 65.1 Å². The van der Waals surface area contributed by atoms with E-state index in [1.54, 1.807) is 0 Å². The number of hydrogen-bond donors (Lipinski definition) is 0. The van der Waals surface area contributed by atoms with Crippen molar-refractivity contribution in [1.29, 1.82) is 0 Å². The lowest BCUT2D eigenvalue weighted by atomic mass is 9.84. The van der Waals surface area contributed by atoms with E-state index in [1.165, 1.54) is 37.0 Å². The van der Waals surface area contributed by atoms with Crippen molar-refractivity contribution in [3.63, 3.8) is 0 Å². The van der Waals surface area contributed by atoms with Crippen molar-refractivity contribution in [3.05, 3.63) is 0 Å². The molecular formula is C21H35NO5. The first-order valence-electron chi connectivity index (χ1n) is 10.7. The lowest BCUT2D eigenvalue weighted by Gasteiger charge is -2.34. The van der Waals surface area contributed by atoms with Gasteiger partial charge in [0, 0.05) is 6.61 Å². The van der Waals surface area contributed by atoms with Gasteiger partial charge in [0.05, 0.1) is 18.6 Å². The van der Waals surface area contributed by atoms with Crippen LogP contribution < -0.4 is 0 Å². The van der Waals surface area contributed by atoms with Crippen molar-refractivity contribution in [2.24, 2.45) is 5.92 Å². The van der Waals surface area contributed by atoms with Crippen molar-refractivity contribution >= 4 is 12.0 Å². The molecule has 0 radical (unpaired) electrons. The van der Waals surface area contributed by atoms with Gasteiger partial charge in [-0.05, 0) is 52.4 Å². The Bertz CT molecular complexity index is 517. The van der Waals surface area contributed by atoms with Gasteiger partial charge >= 0.3 is 6.09 Å². The Balaban J connectivity index is 1.72. The van der Waals surface area contributed by atoms with Crippen LogP contribution in [-0.4, -0.2) is 47.5 Å². The molecule has 2 saturated heterocycles. The molecule has 3 fully saturated rings. The Kier molecular flexibility index (Phi) is 6.79. The summed E-state index contributed by atoms with van der Waals surface area (Å²) in [7, 11) is 0. The fourth-order valence-corrected chi connectivity index (χ4v) is 4.48. The molecule has 0 N–H and O–H groups in total. The van der Waals surface area contributed by atoms with Crippen LogP contribution in [0, 0.1) is 5.92 Å². The highest BCUT2D eigenvalue weighted by Crippen LogP contribution is 2.35. The summed E-state index contributed by atoms with van der Waals surface area (Å²) in [6.07, 6.45) is 9.01. The van der Waals surface area contributed by atoms with Gasteiger partial charge in [-0.1, -0.05) is 32.1 Å². The molecule has 2 heterocycles. The average molecular weight is 382 g/mol. The number of hydrogen-bond acceptors (Lipinski definition) is 5. The molecule has 2 aliphatic heterocycles. The summed E-state index contributed by atoms with van der Waals surface area (Å²) in [5.41, 5.74) is -0.627. The third kappa shape index (κ3) is 5.67. The maximum atomic E-state index is 12.8. The molecule has 154 valence electrons. The molecule has 0 bridgehead atoms. The molecule has 1 unspecified atom stereocenters. The maximum absolute atomic E-state index is 12.8. The zero-order valence-corrected chi connectivity index (χ0v) is 17.1. The van der Waals surface area contributed by atoms with E-state index in [2.05, 4.69) is 0 Å². The van der Waals surface area contributed by atoms with E-state index < -0.39 is 11.7 Å². The van der Waals surface area contributed by atoms with Crippen molar-refractivity contribution in [3.8, 4) is 0 Å². The first-order chi connectivity index (χ1) is 12.8. The highest BCUT2D eigenvalue weighted by atomic mass is 16.7. The van der Waals surface area contributed by atoms with E-state index in [-0.39, 0.29) is 30.8 Å². The number of imide groups is 1. The van der Waals surface area contributed by atoms with Gasteiger partial charge in [0.1, 0.15) is 5.60 Å². The monoisotopic (exact) mass is 381 g/mol. The lowest BCUT2D eigenvalue weighted by Crippen LogP contribution is -2.46. The summed E-state index contributed by atoms with van der Waals surface area (Å²) in [5.74, 6) is 0.351. The minimum Gasteiger partial charge on any atom is -0.443 e. The summed E-state index contributed by atoms with van der Waals surface area (Å²) in [6.45, 7) is 6.18. The van der Waals surface area contributed by atoms with Gasteiger partial charge in [-0.25, -0.2) is 9.69 Å². The fraction of sp³-hybridized carbons (Fsp3) is 0.905. The Morgan fingerprint density at radius 2 is 1.81 bits per heavy atom. The SMILES string of the molecule is CC(C)(C)OC(=O)N1C(=O)C[C@H](OC2CCCCO2)[C@@H]1CC1CCCCC1. The predicted molar refractivity (Wildman–Crippen MR) is 101 cm³/mol. The third-order valence-electron chi connectivity index (χ3n) is 5.76. The van der Waals surface area contributed by atoms with Crippen LogP contribution in [0.5, 0.6) is 0 Å². The number of ether oxygens (including phenoxy) is 3.